The number of amides is 3. The number of hydrogen-bond donors (Lipinski definition) is 2. The zero-order chi connectivity index (χ0) is 20.9. The molecule has 8 nitrogen and oxygen atoms in total. The highest BCUT2D eigenvalue weighted by Crippen LogP contribution is 2.41. The molecule has 2 atom stereocenters. The van der Waals surface area contributed by atoms with Gasteiger partial charge in [-0.1, -0.05) is 18.2 Å². The van der Waals surface area contributed by atoms with Gasteiger partial charge in [0.1, 0.15) is 6.04 Å². The van der Waals surface area contributed by atoms with Crippen LogP contribution in [0.25, 0.3) is 0 Å². The monoisotopic (exact) mass is 415 g/mol. The highest BCUT2D eigenvalue weighted by atomic mass is 16.5. The van der Waals surface area contributed by atoms with Crippen LogP contribution in [-0.2, 0) is 19.1 Å². The molecule has 2 aliphatic heterocycles. The molecule has 8 heteroatoms. The van der Waals surface area contributed by atoms with Crippen LogP contribution in [0.1, 0.15) is 54.1 Å². The summed E-state index contributed by atoms with van der Waals surface area (Å²) in [6.07, 6.45) is 4.88. The Balaban J connectivity index is 1.18. The highest BCUT2D eigenvalue weighted by molar-refractivity contribution is 6.05. The van der Waals surface area contributed by atoms with Gasteiger partial charge in [0.15, 0.2) is 0 Å². The molecule has 162 valence electrons. The third kappa shape index (κ3) is 4.82. The van der Waals surface area contributed by atoms with Crippen LogP contribution in [0.4, 0.5) is 0 Å². The maximum absolute atomic E-state index is 12.8. The fraction of sp³-hybridized carbons (Fsp3) is 0.591. The Kier molecular flexibility index (Phi) is 6.64. The minimum absolute atomic E-state index is 0.0966. The minimum atomic E-state index is -0.653. The smallest absolute Gasteiger partial charge is 0.255 e. The Morgan fingerprint density at radius 1 is 1.17 bits per heavy atom. The minimum Gasteiger partial charge on any atom is -0.379 e. The number of rotatable bonds is 10. The van der Waals surface area contributed by atoms with E-state index in [2.05, 4.69) is 10.6 Å². The van der Waals surface area contributed by atoms with Crippen LogP contribution in [0.3, 0.4) is 0 Å². The number of benzene rings is 1. The maximum atomic E-state index is 12.8. The predicted octanol–water partition coefficient (Wildman–Crippen LogP) is 1.16. The third-order valence-electron chi connectivity index (χ3n) is 5.73. The lowest BCUT2D eigenvalue weighted by atomic mass is 10.0. The zero-order valence-electron chi connectivity index (χ0n) is 17.1. The van der Waals surface area contributed by atoms with E-state index in [4.69, 9.17) is 9.47 Å². The van der Waals surface area contributed by atoms with Crippen molar-refractivity contribution in [1.29, 1.82) is 0 Å². The second kappa shape index (κ2) is 9.57. The van der Waals surface area contributed by atoms with Gasteiger partial charge in [-0.3, -0.25) is 14.4 Å². The predicted molar refractivity (Wildman–Crippen MR) is 109 cm³/mol. The molecule has 3 aliphatic rings. The molecule has 0 aromatic heterocycles. The summed E-state index contributed by atoms with van der Waals surface area (Å²) in [5, 5.41) is 5.48. The van der Waals surface area contributed by atoms with E-state index in [-0.39, 0.29) is 36.4 Å². The van der Waals surface area contributed by atoms with Gasteiger partial charge >= 0.3 is 0 Å². The molecule has 2 heterocycles. The van der Waals surface area contributed by atoms with E-state index in [1.165, 1.54) is 0 Å². The van der Waals surface area contributed by atoms with E-state index in [0.29, 0.717) is 31.7 Å². The lowest BCUT2D eigenvalue weighted by Gasteiger charge is -2.24. The van der Waals surface area contributed by atoms with Gasteiger partial charge in [0.2, 0.25) is 11.8 Å². The van der Waals surface area contributed by atoms with Crippen LogP contribution in [0.2, 0.25) is 0 Å². The van der Waals surface area contributed by atoms with Gasteiger partial charge < -0.3 is 25.0 Å². The van der Waals surface area contributed by atoms with Crippen molar-refractivity contribution in [3.05, 3.63) is 35.4 Å². The second-order valence-electron chi connectivity index (χ2n) is 8.06. The van der Waals surface area contributed by atoms with E-state index < -0.39 is 6.04 Å². The number of carbonyl (C=O) groups excluding carboxylic acids is 3. The largest absolute Gasteiger partial charge is 0.379 e. The van der Waals surface area contributed by atoms with Gasteiger partial charge in [-0.2, -0.15) is 0 Å². The first-order valence-corrected chi connectivity index (χ1v) is 10.8. The van der Waals surface area contributed by atoms with Crippen molar-refractivity contribution in [2.75, 3.05) is 32.9 Å². The lowest BCUT2D eigenvalue weighted by Crippen LogP contribution is -2.44. The number of nitrogens with one attached hydrogen (secondary N) is 2. The van der Waals surface area contributed by atoms with Crippen molar-refractivity contribution in [3.8, 4) is 0 Å². The summed E-state index contributed by atoms with van der Waals surface area (Å²) in [6.45, 7) is 2.35. The van der Waals surface area contributed by atoms with Crippen molar-refractivity contribution >= 4 is 17.7 Å². The molecule has 1 aromatic carbocycles. The standard InChI is InChI=1S/C22H29N3O5/c26-19(23-10-4-11-29-14-16-5-3-12-30-16)13-24-21(27)20-17-6-1-2-7-18(17)22(28)25(20)15-8-9-15/h1-2,6-7,15-16,20H,3-5,8-14H2,(H,23,26)(H,24,27). The summed E-state index contributed by atoms with van der Waals surface area (Å²) >= 11 is 0. The number of carbonyl (C=O) groups is 3. The molecular weight excluding hydrogens is 386 g/mol. The highest BCUT2D eigenvalue weighted by Gasteiger charge is 2.47. The van der Waals surface area contributed by atoms with E-state index >= 15 is 0 Å². The molecule has 2 fully saturated rings. The first kappa shape index (κ1) is 20.8. The summed E-state index contributed by atoms with van der Waals surface area (Å²) < 4.78 is 11.1. The molecule has 0 radical (unpaired) electrons. The SMILES string of the molecule is O=C(CNC(=O)C1c2ccccc2C(=O)N1C1CC1)NCCCOCC1CCCO1. The average molecular weight is 415 g/mol. The third-order valence-corrected chi connectivity index (χ3v) is 5.73. The topological polar surface area (TPSA) is 97.0 Å². The summed E-state index contributed by atoms with van der Waals surface area (Å²) in [5.41, 5.74) is 1.30. The maximum Gasteiger partial charge on any atom is 0.255 e. The van der Waals surface area contributed by atoms with E-state index in [1.54, 1.807) is 17.0 Å². The summed E-state index contributed by atoms with van der Waals surface area (Å²) in [6, 6.07) is 6.67. The fourth-order valence-corrected chi connectivity index (χ4v) is 4.05. The van der Waals surface area contributed by atoms with Crippen molar-refractivity contribution in [2.45, 2.75) is 50.3 Å². The van der Waals surface area contributed by atoms with Crippen molar-refractivity contribution in [3.63, 3.8) is 0 Å². The van der Waals surface area contributed by atoms with Gasteiger partial charge in [0, 0.05) is 31.4 Å². The summed E-state index contributed by atoms with van der Waals surface area (Å²) in [4.78, 5) is 39.3. The summed E-state index contributed by atoms with van der Waals surface area (Å²) in [5.74, 6) is -0.658. The number of nitrogens with zero attached hydrogens (tertiary/aromatic N) is 1. The van der Waals surface area contributed by atoms with Crippen LogP contribution >= 0.6 is 0 Å². The molecule has 30 heavy (non-hydrogen) atoms. The molecule has 3 amide bonds. The Morgan fingerprint density at radius 3 is 2.77 bits per heavy atom. The Bertz CT molecular complexity index is 789. The van der Waals surface area contributed by atoms with E-state index in [9.17, 15) is 14.4 Å². The quantitative estimate of drug-likeness (QED) is 0.559. The van der Waals surface area contributed by atoms with Gasteiger partial charge in [0.05, 0.1) is 19.3 Å². The fourth-order valence-electron chi connectivity index (χ4n) is 4.05. The molecule has 1 aromatic rings. The second-order valence-corrected chi connectivity index (χ2v) is 8.06. The van der Waals surface area contributed by atoms with E-state index in [1.807, 2.05) is 12.1 Å². The first-order valence-electron chi connectivity index (χ1n) is 10.8. The van der Waals surface area contributed by atoms with Crippen LogP contribution in [-0.4, -0.2) is 67.7 Å². The molecule has 4 rings (SSSR count). The number of hydrogen-bond acceptors (Lipinski definition) is 5. The first-order chi connectivity index (χ1) is 14.6. The van der Waals surface area contributed by atoms with Gasteiger partial charge in [-0.05, 0) is 43.7 Å². The molecule has 1 aliphatic carbocycles. The number of fused-ring (bicyclic) bond motifs is 1. The molecule has 0 spiro atoms. The molecule has 1 saturated carbocycles. The van der Waals surface area contributed by atoms with Crippen molar-refractivity contribution in [1.82, 2.24) is 15.5 Å². The molecule has 0 bridgehead atoms. The Morgan fingerprint density at radius 2 is 2.00 bits per heavy atom. The molecule has 1 saturated heterocycles. The lowest BCUT2D eigenvalue weighted by molar-refractivity contribution is -0.129. The average Bonchev–Trinajstić information content (AvgIpc) is 3.37. The van der Waals surface area contributed by atoms with Crippen LogP contribution in [0, 0.1) is 0 Å². The van der Waals surface area contributed by atoms with Crippen molar-refractivity contribution in [2.24, 2.45) is 0 Å². The van der Waals surface area contributed by atoms with Crippen LogP contribution < -0.4 is 10.6 Å². The van der Waals surface area contributed by atoms with Gasteiger partial charge in [-0.25, -0.2) is 0 Å². The molecular formula is C22H29N3O5. The Labute approximate surface area is 176 Å². The van der Waals surface area contributed by atoms with Crippen LogP contribution in [0.15, 0.2) is 24.3 Å². The Hall–Kier alpha value is -2.45. The molecule has 2 unspecified atom stereocenters. The number of ether oxygens (including phenoxy) is 2. The van der Waals surface area contributed by atoms with Crippen molar-refractivity contribution < 1.29 is 23.9 Å². The van der Waals surface area contributed by atoms with Gasteiger partial charge in [-0.15, -0.1) is 0 Å². The van der Waals surface area contributed by atoms with Gasteiger partial charge in [0.25, 0.3) is 5.91 Å². The summed E-state index contributed by atoms with van der Waals surface area (Å²) in [7, 11) is 0. The zero-order valence-corrected chi connectivity index (χ0v) is 17.1. The molecule has 2 N–H and O–H groups in total. The van der Waals surface area contributed by atoms with E-state index in [0.717, 1.165) is 37.9 Å². The normalized spacial score (nSPS) is 22.8. The van der Waals surface area contributed by atoms with Crippen LogP contribution in [0.5, 0.6) is 0 Å².